The zero-order valence-corrected chi connectivity index (χ0v) is 33.9. The molecule has 290 valence electrons. The molecule has 1 aromatic heterocycles. The lowest BCUT2D eigenvalue weighted by Gasteiger charge is -2.24. The number of aliphatic imine (C=N–C) groups is 2. The molecular weight excluding hydrogens is 766 g/mol. The van der Waals surface area contributed by atoms with Crippen LogP contribution in [-0.4, -0.2) is 11.7 Å². The van der Waals surface area contributed by atoms with Gasteiger partial charge in [-0.3, -0.25) is 0 Å². The van der Waals surface area contributed by atoms with Crippen molar-refractivity contribution < 1.29 is 8.98 Å². The molecule has 1 aliphatic heterocycles. The van der Waals surface area contributed by atoms with Crippen LogP contribution in [0.3, 0.4) is 0 Å². The van der Waals surface area contributed by atoms with Crippen LogP contribution in [-0.2, 0) is 4.57 Å². The molecule has 1 aliphatic rings. The molecule has 0 saturated heterocycles. The molecule has 6 heteroatoms. The van der Waals surface area contributed by atoms with E-state index in [9.17, 15) is 0 Å². The van der Waals surface area contributed by atoms with Crippen LogP contribution in [0.5, 0.6) is 0 Å². The molecule has 1 atom stereocenters. The largest absolute Gasteiger partial charge is 0.456 e. The lowest BCUT2D eigenvalue weighted by molar-refractivity contribution is 0.592. The fraction of sp³-hybridized carbons (Fsp3) is 0.0182. The Morgan fingerprint density at radius 2 is 1.00 bits per heavy atom. The Bertz CT molecular complexity index is 3320. The number of amidine groups is 2. The minimum absolute atomic E-state index is 0.310. The van der Waals surface area contributed by atoms with Gasteiger partial charge >= 0.3 is 0 Å². The van der Waals surface area contributed by atoms with Crippen LogP contribution in [0.25, 0.3) is 55.0 Å². The molecule has 1 unspecified atom stereocenters. The molecule has 0 aliphatic carbocycles. The molecule has 0 bridgehead atoms. The Kier molecular flexibility index (Phi) is 9.10. The predicted octanol–water partition coefficient (Wildman–Crippen LogP) is 12.2. The maximum Gasteiger partial charge on any atom is 0.171 e. The summed E-state index contributed by atoms with van der Waals surface area (Å²) < 4.78 is 22.2. The van der Waals surface area contributed by atoms with Crippen molar-refractivity contribution in [1.82, 2.24) is 5.32 Å². The fourth-order valence-corrected chi connectivity index (χ4v) is 11.4. The van der Waals surface area contributed by atoms with Gasteiger partial charge in [-0.1, -0.05) is 194 Å². The standard InChI is InChI=1S/C55H38N3O2P/c59-61(41-23-9-3-10-24-41,42-25-11-4-12-26-42)43-27-17-22-39(34-43)49-35-40(36-51-52(49)48-30-15-16-31-50(48)60-51)44-32-33-47(46-29-14-13-28-45(44)46)55-57-53(37-18-5-1-6-19-37)56-54(58-55)38-20-7-2-8-21-38/h1-36,53H,(H,56,57,58). The van der Waals surface area contributed by atoms with E-state index >= 15 is 4.57 Å². The SMILES string of the molecule is O=P(c1ccccc1)(c1ccccc1)c1cccc(-c2cc(-c3ccc(C4=NC(c5ccccc5)=NC(c5ccccc5)N4)c4ccccc34)cc3oc4ccccc4c23)c1. The van der Waals surface area contributed by atoms with E-state index in [1.807, 2.05) is 121 Å². The van der Waals surface area contributed by atoms with Gasteiger partial charge in [0, 0.05) is 37.8 Å². The Morgan fingerprint density at radius 1 is 0.443 bits per heavy atom. The van der Waals surface area contributed by atoms with E-state index in [4.69, 9.17) is 14.4 Å². The van der Waals surface area contributed by atoms with Gasteiger partial charge in [-0.15, -0.1) is 0 Å². The molecule has 9 aromatic carbocycles. The number of nitrogens with zero attached hydrogens (tertiary/aromatic N) is 2. The maximum atomic E-state index is 15.6. The quantitative estimate of drug-likeness (QED) is 0.156. The molecule has 1 N–H and O–H groups in total. The third-order valence-electron chi connectivity index (χ3n) is 11.6. The van der Waals surface area contributed by atoms with Crippen LogP contribution < -0.4 is 21.2 Å². The third-order valence-corrected chi connectivity index (χ3v) is 14.7. The molecule has 0 radical (unpaired) electrons. The van der Waals surface area contributed by atoms with Gasteiger partial charge < -0.3 is 14.3 Å². The van der Waals surface area contributed by atoms with Crippen molar-refractivity contribution in [3.05, 3.63) is 235 Å². The number of fused-ring (bicyclic) bond motifs is 4. The summed E-state index contributed by atoms with van der Waals surface area (Å²) in [5.74, 6) is 1.44. The van der Waals surface area contributed by atoms with Crippen LogP contribution in [0.15, 0.2) is 233 Å². The number of rotatable bonds is 8. The molecule has 0 amide bonds. The summed E-state index contributed by atoms with van der Waals surface area (Å²) in [7, 11) is -3.24. The molecule has 0 fully saturated rings. The second kappa shape index (κ2) is 15.2. The molecule has 11 rings (SSSR count). The molecule has 2 heterocycles. The average Bonchev–Trinajstić information content (AvgIpc) is 3.73. The highest BCUT2D eigenvalue weighted by Crippen LogP contribution is 2.45. The van der Waals surface area contributed by atoms with Crippen molar-refractivity contribution >= 4 is 67.4 Å². The summed E-state index contributed by atoms with van der Waals surface area (Å²) in [4.78, 5) is 10.2. The van der Waals surface area contributed by atoms with Gasteiger partial charge in [0.2, 0.25) is 0 Å². The van der Waals surface area contributed by atoms with E-state index in [0.29, 0.717) is 5.84 Å². The molecule has 61 heavy (non-hydrogen) atoms. The molecule has 0 spiro atoms. The number of para-hydroxylation sites is 1. The van der Waals surface area contributed by atoms with Crippen LogP contribution in [0, 0.1) is 0 Å². The van der Waals surface area contributed by atoms with Gasteiger partial charge in [-0.25, -0.2) is 9.98 Å². The molecular formula is C55H38N3O2P. The van der Waals surface area contributed by atoms with Crippen LogP contribution >= 0.6 is 7.14 Å². The monoisotopic (exact) mass is 803 g/mol. The van der Waals surface area contributed by atoms with E-state index in [1.54, 1.807) is 0 Å². The number of hydrogen-bond donors (Lipinski definition) is 1. The summed E-state index contributed by atoms with van der Waals surface area (Å²) >= 11 is 0. The Hall–Kier alpha value is -7.59. The summed E-state index contributed by atoms with van der Waals surface area (Å²) in [6.45, 7) is 0. The van der Waals surface area contributed by atoms with Gasteiger partial charge in [0.25, 0.3) is 0 Å². The van der Waals surface area contributed by atoms with E-state index in [2.05, 4.69) is 102 Å². The summed E-state index contributed by atoms with van der Waals surface area (Å²) in [6, 6.07) is 73.9. The average molecular weight is 804 g/mol. The first-order valence-corrected chi connectivity index (χ1v) is 22.2. The van der Waals surface area contributed by atoms with Gasteiger partial charge in [-0.2, -0.15) is 0 Å². The van der Waals surface area contributed by atoms with Gasteiger partial charge in [0.1, 0.15) is 23.2 Å². The first-order chi connectivity index (χ1) is 30.1. The maximum absolute atomic E-state index is 15.6. The summed E-state index contributed by atoms with van der Waals surface area (Å²) in [6.07, 6.45) is -0.310. The van der Waals surface area contributed by atoms with E-state index in [0.717, 1.165) is 93.4 Å². The second-order valence-electron chi connectivity index (χ2n) is 15.3. The lowest BCUT2D eigenvalue weighted by Crippen LogP contribution is -2.33. The minimum atomic E-state index is -3.24. The Balaban J connectivity index is 1.09. The van der Waals surface area contributed by atoms with E-state index in [1.165, 1.54) is 0 Å². The lowest BCUT2D eigenvalue weighted by atomic mass is 9.90. The molecule has 5 nitrogen and oxygen atoms in total. The van der Waals surface area contributed by atoms with Crippen molar-refractivity contribution in [2.24, 2.45) is 9.98 Å². The van der Waals surface area contributed by atoms with Gasteiger partial charge in [-0.05, 0) is 62.9 Å². The number of benzene rings is 9. The minimum Gasteiger partial charge on any atom is -0.456 e. The number of furan rings is 1. The number of hydrogen-bond acceptors (Lipinski definition) is 5. The fourth-order valence-electron chi connectivity index (χ4n) is 8.70. The van der Waals surface area contributed by atoms with Crippen molar-refractivity contribution in [2.75, 3.05) is 0 Å². The second-order valence-corrected chi connectivity index (χ2v) is 18.0. The topological polar surface area (TPSA) is 67.0 Å². The zero-order chi connectivity index (χ0) is 40.8. The number of nitrogens with one attached hydrogen (secondary N) is 1. The predicted molar refractivity (Wildman–Crippen MR) is 253 cm³/mol. The van der Waals surface area contributed by atoms with Crippen LogP contribution in [0.2, 0.25) is 0 Å². The van der Waals surface area contributed by atoms with E-state index < -0.39 is 7.14 Å². The highest BCUT2D eigenvalue weighted by atomic mass is 31.2. The summed E-state index contributed by atoms with van der Waals surface area (Å²) in [5, 5.41) is 10.2. The van der Waals surface area contributed by atoms with Gasteiger partial charge in [0.15, 0.2) is 13.0 Å². The highest BCUT2D eigenvalue weighted by Gasteiger charge is 2.30. The first kappa shape index (κ1) is 36.5. The van der Waals surface area contributed by atoms with Crippen molar-refractivity contribution in [1.29, 1.82) is 0 Å². The van der Waals surface area contributed by atoms with Crippen molar-refractivity contribution in [3.63, 3.8) is 0 Å². The van der Waals surface area contributed by atoms with Crippen LogP contribution in [0.1, 0.15) is 22.9 Å². The summed E-state index contributed by atoms with van der Waals surface area (Å²) in [5.41, 5.74) is 8.65. The smallest absolute Gasteiger partial charge is 0.171 e. The van der Waals surface area contributed by atoms with Crippen LogP contribution in [0.4, 0.5) is 0 Å². The van der Waals surface area contributed by atoms with Crippen molar-refractivity contribution in [3.8, 4) is 22.3 Å². The Morgan fingerprint density at radius 3 is 1.70 bits per heavy atom. The normalized spacial score (nSPS) is 14.1. The zero-order valence-electron chi connectivity index (χ0n) is 33.0. The third kappa shape index (κ3) is 6.48. The molecule has 10 aromatic rings. The van der Waals surface area contributed by atoms with Gasteiger partial charge in [0.05, 0.1) is 0 Å². The first-order valence-electron chi connectivity index (χ1n) is 20.5. The molecule has 0 saturated carbocycles. The van der Waals surface area contributed by atoms with E-state index in [-0.39, 0.29) is 6.17 Å². The Labute approximate surface area is 353 Å². The van der Waals surface area contributed by atoms with Crippen molar-refractivity contribution in [2.45, 2.75) is 6.17 Å². The highest BCUT2D eigenvalue weighted by molar-refractivity contribution is 7.85.